The number of hydrogen-bond donors (Lipinski definition) is 1. The average molecular weight is 257 g/mol. The molecule has 0 spiro atoms. The van der Waals surface area contributed by atoms with Gasteiger partial charge in [0.2, 0.25) is 0 Å². The van der Waals surface area contributed by atoms with Crippen molar-refractivity contribution in [3.8, 4) is 0 Å². The molecule has 0 radical (unpaired) electrons. The zero-order chi connectivity index (χ0) is 12.1. The van der Waals surface area contributed by atoms with Crippen LogP contribution in [0.2, 0.25) is 0 Å². The number of carbonyl (C=O) groups is 1. The Balaban J connectivity index is 2.78. The van der Waals surface area contributed by atoms with Gasteiger partial charge >= 0.3 is 5.97 Å². The molecule has 1 heterocycles. The van der Waals surface area contributed by atoms with E-state index in [1.165, 1.54) is 29.3 Å². The fourth-order valence-corrected chi connectivity index (χ4v) is 2.35. The summed E-state index contributed by atoms with van der Waals surface area (Å²) in [5.41, 5.74) is 2.25. The summed E-state index contributed by atoms with van der Waals surface area (Å²) in [5.74, 6) is -0.315. The van der Waals surface area contributed by atoms with Crippen molar-refractivity contribution in [3.05, 3.63) is 26.9 Å². The Kier molecular flexibility index (Phi) is 4.89. The smallest absolute Gasteiger partial charge is 0.345 e. The minimum Gasteiger partial charge on any atom is -0.465 e. The molecule has 0 fully saturated rings. The molecule has 0 saturated carbocycles. The van der Waals surface area contributed by atoms with Crippen molar-refractivity contribution < 1.29 is 9.53 Å². The second-order valence-electron chi connectivity index (χ2n) is 3.18. The van der Waals surface area contributed by atoms with Crippen LogP contribution in [0.4, 0.5) is 5.69 Å². The first-order valence-electron chi connectivity index (χ1n) is 4.73. The predicted octanol–water partition coefficient (Wildman–Crippen LogP) is 3.15. The molecule has 0 amide bonds. The second-order valence-corrected chi connectivity index (χ2v) is 5.11. The summed E-state index contributed by atoms with van der Waals surface area (Å²) >= 11 is 3.05. The number of carbonyl (C=O) groups excluding carboxylic acids is 1. The Morgan fingerprint density at radius 3 is 2.69 bits per heavy atom. The van der Waals surface area contributed by atoms with Gasteiger partial charge in [-0.25, -0.2) is 4.79 Å². The molecule has 1 aromatic rings. The van der Waals surface area contributed by atoms with Gasteiger partial charge in [0.25, 0.3) is 0 Å². The maximum atomic E-state index is 11.3. The molecular formula is C11H15NO2S2. The summed E-state index contributed by atoms with van der Waals surface area (Å²) in [6.45, 7) is 4.13. The van der Waals surface area contributed by atoms with Crippen molar-refractivity contribution in [2.75, 3.05) is 18.7 Å². The van der Waals surface area contributed by atoms with E-state index >= 15 is 0 Å². The van der Waals surface area contributed by atoms with Crippen LogP contribution in [0, 0.1) is 13.8 Å². The molecule has 0 aromatic carbocycles. The molecule has 0 saturated heterocycles. The highest BCUT2D eigenvalue weighted by molar-refractivity contribution is 8.03. The van der Waals surface area contributed by atoms with Crippen LogP contribution < -0.4 is 5.32 Å². The number of hydrogen-bond acceptors (Lipinski definition) is 5. The number of esters is 1. The van der Waals surface area contributed by atoms with E-state index in [1.807, 2.05) is 11.6 Å². The molecular weight excluding hydrogens is 242 g/mol. The first-order valence-corrected chi connectivity index (χ1v) is 6.84. The summed E-state index contributed by atoms with van der Waals surface area (Å²) in [5, 5.41) is 5.16. The van der Waals surface area contributed by atoms with E-state index in [2.05, 4.69) is 23.9 Å². The lowest BCUT2D eigenvalue weighted by Gasteiger charge is -2.04. The van der Waals surface area contributed by atoms with Gasteiger partial charge in [0.1, 0.15) is 4.91 Å². The van der Waals surface area contributed by atoms with Crippen molar-refractivity contribution in [1.29, 1.82) is 0 Å². The molecule has 5 heteroatoms. The number of methoxy groups -OCH3 is 1. The quantitative estimate of drug-likeness (QED) is 0.664. The normalized spacial score (nSPS) is 11.4. The molecule has 88 valence electrons. The van der Waals surface area contributed by atoms with Gasteiger partial charge in [-0.3, -0.25) is 0 Å². The number of aryl methyl sites for hydroxylation is 1. The van der Waals surface area contributed by atoms with E-state index in [1.54, 1.807) is 17.5 Å². The van der Waals surface area contributed by atoms with Crippen molar-refractivity contribution in [2.45, 2.75) is 13.8 Å². The molecule has 1 N–H and O–H groups in total. The van der Waals surface area contributed by atoms with Crippen molar-refractivity contribution in [3.63, 3.8) is 0 Å². The van der Waals surface area contributed by atoms with Gasteiger partial charge in [-0.15, -0.1) is 23.1 Å². The van der Waals surface area contributed by atoms with Gasteiger partial charge in [0, 0.05) is 16.5 Å². The zero-order valence-electron chi connectivity index (χ0n) is 9.79. The van der Waals surface area contributed by atoms with Crippen LogP contribution in [0.15, 0.2) is 16.5 Å². The highest BCUT2D eigenvalue weighted by atomic mass is 32.2. The van der Waals surface area contributed by atoms with Gasteiger partial charge < -0.3 is 10.1 Å². The predicted molar refractivity (Wildman–Crippen MR) is 71.0 cm³/mol. The van der Waals surface area contributed by atoms with E-state index in [9.17, 15) is 4.79 Å². The third-order valence-corrected chi connectivity index (χ3v) is 3.99. The molecule has 0 aliphatic heterocycles. The maximum Gasteiger partial charge on any atom is 0.345 e. The van der Waals surface area contributed by atoms with Crippen LogP contribution in [0.5, 0.6) is 0 Å². The molecule has 0 aliphatic carbocycles. The second kappa shape index (κ2) is 5.96. The van der Waals surface area contributed by atoms with Crippen molar-refractivity contribution in [2.24, 2.45) is 0 Å². The molecule has 16 heavy (non-hydrogen) atoms. The molecule has 0 bridgehead atoms. The third-order valence-electron chi connectivity index (χ3n) is 2.25. The van der Waals surface area contributed by atoms with Crippen LogP contribution >= 0.6 is 23.1 Å². The van der Waals surface area contributed by atoms with E-state index in [0.29, 0.717) is 4.91 Å². The Labute approximate surface area is 104 Å². The van der Waals surface area contributed by atoms with Crippen LogP contribution in [0.3, 0.4) is 0 Å². The lowest BCUT2D eigenvalue weighted by atomic mass is 10.2. The van der Waals surface area contributed by atoms with Gasteiger partial charge in [0.15, 0.2) is 0 Å². The van der Waals surface area contributed by atoms with Gasteiger partial charge in [-0.05, 0) is 25.7 Å². The van der Waals surface area contributed by atoms with Gasteiger partial charge in [0.05, 0.1) is 12.8 Å². The summed E-state index contributed by atoms with van der Waals surface area (Å²) in [7, 11) is 1.38. The van der Waals surface area contributed by atoms with E-state index < -0.39 is 0 Å². The van der Waals surface area contributed by atoms with Crippen LogP contribution in [0.1, 0.15) is 10.4 Å². The first kappa shape index (κ1) is 13.1. The number of rotatable bonds is 4. The summed E-state index contributed by atoms with van der Waals surface area (Å²) < 4.78 is 4.66. The molecule has 0 aliphatic rings. The highest BCUT2D eigenvalue weighted by Gasteiger charge is 2.08. The van der Waals surface area contributed by atoms with Gasteiger partial charge in [-0.2, -0.15) is 0 Å². The Morgan fingerprint density at radius 2 is 2.25 bits per heavy atom. The van der Waals surface area contributed by atoms with E-state index in [0.717, 1.165) is 5.69 Å². The summed E-state index contributed by atoms with van der Waals surface area (Å²) in [6.07, 6.45) is 3.53. The SMILES string of the molecule is COC(=O)C(=CNc1csc(C)c1C)SC. The third kappa shape index (κ3) is 3.02. The number of thiophene rings is 1. The van der Waals surface area contributed by atoms with E-state index in [4.69, 9.17) is 0 Å². The lowest BCUT2D eigenvalue weighted by molar-refractivity contribution is -0.135. The van der Waals surface area contributed by atoms with Crippen LogP contribution in [-0.4, -0.2) is 19.3 Å². The molecule has 0 unspecified atom stereocenters. The molecule has 1 aromatic heterocycles. The Morgan fingerprint density at radius 1 is 1.56 bits per heavy atom. The number of anilines is 1. The van der Waals surface area contributed by atoms with Crippen molar-refractivity contribution >= 4 is 34.8 Å². The van der Waals surface area contributed by atoms with Gasteiger partial charge in [-0.1, -0.05) is 0 Å². The maximum absolute atomic E-state index is 11.3. The summed E-state index contributed by atoms with van der Waals surface area (Å²) in [4.78, 5) is 13.1. The fraction of sp³-hybridized carbons (Fsp3) is 0.364. The van der Waals surface area contributed by atoms with Crippen molar-refractivity contribution in [1.82, 2.24) is 0 Å². The molecule has 3 nitrogen and oxygen atoms in total. The number of ether oxygens (including phenoxy) is 1. The van der Waals surface area contributed by atoms with E-state index in [-0.39, 0.29) is 5.97 Å². The Bertz CT molecular complexity index is 410. The molecule has 0 atom stereocenters. The number of nitrogens with one attached hydrogen (secondary N) is 1. The standard InChI is InChI=1S/C11H15NO2S2/c1-7-8(2)16-6-9(7)12-5-10(15-4)11(13)14-3/h5-6,12H,1-4H3. The average Bonchev–Trinajstić information content (AvgIpc) is 2.61. The first-order chi connectivity index (χ1) is 7.60. The fourth-order valence-electron chi connectivity index (χ4n) is 1.10. The topological polar surface area (TPSA) is 38.3 Å². The Hall–Kier alpha value is -0.940. The summed E-state index contributed by atoms with van der Waals surface area (Å²) in [6, 6.07) is 0. The highest BCUT2D eigenvalue weighted by Crippen LogP contribution is 2.26. The van der Waals surface area contributed by atoms with Crippen LogP contribution in [-0.2, 0) is 9.53 Å². The number of thioether (sulfide) groups is 1. The minimum absolute atomic E-state index is 0.315. The largest absolute Gasteiger partial charge is 0.465 e. The minimum atomic E-state index is -0.315. The zero-order valence-corrected chi connectivity index (χ0v) is 11.4. The lowest BCUT2D eigenvalue weighted by Crippen LogP contribution is -2.03. The van der Waals surface area contributed by atoms with Crippen LogP contribution in [0.25, 0.3) is 0 Å². The molecule has 1 rings (SSSR count). The monoisotopic (exact) mass is 257 g/mol.